The van der Waals surface area contributed by atoms with Crippen LogP contribution in [0, 0.1) is 0 Å². The first-order valence-corrected chi connectivity index (χ1v) is 10.6. The standard InChI is InChI=1S/C15H17ClN4O4S2/c1-2-13-18-19-15(25-13)17-14(21)11-9-10(3-4-12(11)16)26(22,23)20-5-7-24-8-6-20/h3-4,9H,2,5-8H2,1H3,(H,17,19,21). The highest BCUT2D eigenvalue weighted by molar-refractivity contribution is 7.89. The monoisotopic (exact) mass is 416 g/mol. The van der Waals surface area contributed by atoms with E-state index in [0.29, 0.717) is 24.8 Å². The van der Waals surface area contributed by atoms with Gasteiger partial charge in [0.15, 0.2) is 0 Å². The number of aromatic nitrogens is 2. The van der Waals surface area contributed by atoms with E-state index in [9.17, 15) is 13.2 Å². The zero-order valence-corrected chi connectivity index (χ0v) is 16.3. The van der Waals surface area contributed by atoms with Gasteiger partial charge >= 0.3 is 0 Å². The number of carbonyl (C=O) groups is 1. The van der Waals surface area contributed by atoms with Crippen LogP contribution in [0.2, 0.25) is 5.02 Å². The van der Waals surface area contributed by atoms with Gasteiger partial charge in [-0.05, 0) is 24.6 Å². The minimum absolute atomic E-state index is 0.0143. The van der Waals surface area contributed by atoms with Gasteiger partial charge in [-0.2, -0.15) is 4.31 Å². The molecule has 0 saturated carbocycles. The number of benzene rings is 1. The second-order valence-corrected chi connectivity index (χ2v) is 8.87. The average Bonchev–Trinajstić information content (AvgIpc) is 3.10. The summed E-state index contributed by atoms with van der Waals surface area (Å²) in [5.41, 5.74) is 0.0641. The van der Waals surface area contributed by atoms with Gasteiger partial charge in [-0.15, -0.1) is 10.2 Å². The molecule has 1 aromatic carbocycles. The van der Waals surface area contributed by atoms with Crippen molar-refractivity contribution >= 4 is 44.0 Å². The van der Waals surface area contributed by atoms with E-state index in [1.54, 1.807) is 0 Å². The van der Waals surface area contributed by atoms with Gasteiger partial charge in [0.2, 0.25) is 15.2 Å². The maximum atomic E-state index is 12.7. The van der Waals surface area contributed by atoms with E-state index in [1.807, 2.05) is 6.92 Å². The molecule has 8 nitrogen and oxygen atoms in total. The summed E-state index contributed by atoms with van der Waals surface area (Å²) in [5, 5.41) is 11.7. The van der Waals surface area contributed by atoms with E-state index < -0.39 is 15.9 Å². The second kappa shape index (κ2) is 7.97. The van der Waals surface area contributed by atoms with Crippen molar-refractivity contribution in [1.82, 2.24) is 14.5 Å². The molecule has 1 saturated heterocycles. The lowest BCUT2D eigenvalue weighted by atomic mass is 10.2. The lowest BCUT2D eigenvalue weighted by Crippen LogP contribution is -2.40. The van der Waals surface area contributed by atoms with Crippen LogP contribution in [0.15, 0.2) is 23.1 Å². The fraction of sp³-hybridized carbons (Fsp3) is 0.400. The molecule has 0 atom stereocenters. The molecule has 3 rings (SSSR count). The number of aryl methyl sites for hydroxylation is 1. The van der Waals surface area contributed by atoms with Crippen LogP contribution in [0.5, 0.6) is 0 Å². The van der Waals surface area contributed by atoms with Crippen LogP contribution in [-0.2, 0) is 21.2 Å². The molecule has 140 valence electrons. The number of hydrogen-bond acceptors (Lipinski definition) is 7. The summed E-state index contributed by atoms with van der Waals surface area (Å²) >= 11 is 7.36. The molecule has 2 aromatic rings. The van der Waals surface area contributed by atoms with Crippen LogP contribution < -0.4 is 5.32 Å². The smallest absolute Gasteiger partial charge is 0.259 e. The van der Waals surface area contributed by atoms with Crippen molar-refractivity contribution in [2.45, 2.75) is 18.2 Å². The minimum Gasteiger partial charge on any atom is -0.379 e. The van der Waals surface area contributed by atoms with Crippen molar-refractivity contribution in [3.05, 3.63) is 33.8 Å². The first-order valence-electron chi connectivity index (χ1n) is 7.93. The van der Waals surface area contributed by atoms with Crippen LogP contribution in [0.1, 0.15) is 22.3 Å². The van der Waals surface area contributed by atoms with Gasteiger partial charge in [0.1, 0.15) is 5.01 Å². The Kier molecular flexibility index (Phi) is 5.88. The Bertz CT molecular complexity index is 910. The molecule has 1 aliphatic rings. The molecular formula is C15H17ClN4O4S2. The number of hydrogen-bond donors (Lipinski definition) is 1. The lowest BCUT2D eigenvalue weighted by Gasteiger charge is -2.26. The third-order valence-corrected chi connectivity index (χ3v) is 6.99. The summed E-state index contributed by atoms with van der Waals surface area (Å²) in [6.45, 7) is 3.17. The van der Waals surface area contributed by atoms with Crippen LogP contribution in [-0.4, -0.2) is 55.1 Å². The summed E-state index contributed by atoms with van der Waals surface area (Å²) < 4.78 is 32.0. The molecule has 1 aliphatic heterocycles. The topological polar surface area (TPSA) is 101 Å². The SMILES string of the molecule is CCc1nnc(NC(=O)c2cc(S(=O)(=O)N3CCOCC3)ccc2Cl)s1. The van der Waals surface area contributed by atoms with E-state index in [-0.39, 0.29) is 28.6 Å². The van der Waals surface area contributed by atoms with Crippen LogP contribution in [0.3, 0.4) is 0 Å². The predicted molar refractivity (Wildman–Crippen MR) is 98.3 cm³/mol. The Labute approximate surface area is 160 Å². The van der Waals surface area contributed by atoms with E-state index in [4.69, 9.17) is 16.3 Å². The highest BCUT2D eigenvalue weighted by Gasteiger charge is 2.27. The molecule has 0 bridgehead atoms. The van der Waals surface area contributed by atoms with Crippen molar-refractivity contribution in [3.8, 4) is 0 Å². The van der Waals surface area contributed by atoms with Gasteiger partial charge in [0, 0.05) is 13.1 Å². The number of ether oxygens (including phenoxy) is 1. The molecule has 11 heteroatoms. The molecule has 1 amide bonds. The number of rotatable bonds is 5. The summed E-state index contributed by atoms with van der Waals surface area (Å²) in [4.78, 5) is 12.5. The Hall–Kier alpha value is -1.59. The summed E-state index contributed by atoms with van der Waals surface area (Å²) in [5.74, 6) is -0.534. The average molecular weight is 417 g/mol. The molecule has 0 radical (unpaired) electrons. The number of nitrogens with zero attached hydrogens (tertiary/aromatic N) is 3. The number of amides is 1. The molecule has 1 N–H and O–H groups in total. The molecule has 0 spiro atoms. The largest absolute Gasteiger partial charge is 0.379 e. The molecule has 0 aliphatic carbocycles. The number of anilines is 1. The highest BCUT2D eigenvalue weighted by atomic mass is 35.5. The molecular weight excluding hydrogens is 400 g/mol. The van der Waals surface area contributed by atoms with Crippen LogP contribution in [0.25, 0.3) is 0 Å². The van der Waals surface area contributed by atoms with Crippen molar-refractivity contribution < 1.29 is 17.9 Å². The predicted octanol–water partition coefficient (Wildman–Crippen LogP) is 2.03. The number of halogens is 1. The Morgan fingerprint density at radius 2 is 2.08 bits per heavy atom. The third-order valence-electron chi connectivity index (χ3n) is 3.78. The zero-order chi connectivity index (χ0) is 18.7. The summed E-state index contributed by atoms with van der Waals surface area (Å²) in [6.07, 6.45) is 0.710. The highest BCUT2D eigenvalue weighted by Crippen LogP contribution is 2.25. The van der Waals surface area contributed by atoms with Crippen molar-refractivity contribution in [1.29, 1.82) is 0 Å². The Morgan fingerprint density at radius 3 is 2.73 bits per heavy atom. The molecule has 1 aromatic heterocycles. The van der Waals surface area contributed by atoms with E-state index >= 15 is 0 Å². The van der Waals surface area contributed by atoms with Gasteiger partial charge in [-0.3, -0.25) is 10.1 Å². The third kappa shape index (κ3) is 4.04. The van der Waals surface area contributed by atoms with Gasteiger partial charge in [-0.1, -0.05) is 29.9 Å². The maximum absolute atomic E-state index is 12.7. The van der Waals surface area contributed by atoms with Gasteiger partial charge in [0.25, 0.3) is 5.91 Å². The van der Waals surface area contributed by atoms with Crippen LogP contribution in [0.4, 0.5) is 5.13 Å². The fourth-order valence-electron chi connectivity index (χ4n) is 2.39. The Balaban J connectivity index is 1.86. The van der Waals surface area contributed by atoms with Gasteiger partial charge < -0.3 is 4.74 Å². The second-order valence-electron chi connectivity index (χ2n) is 5.47. The number of nitrogens with one attached hydrogen (secondary N) is 1. The van der Waals surface area contributed by atoms with Gasteiger partial charge in [0.05, 0.1) is 28.7 Å². The fourth-order valence-corrected chi connectivity index (χ4v) is 4.70. The molecule has 1 fully saturated rings. The number of sulfonamides is 1. The quantitative estimate of drug-likeness (QED) is 0.800. The van der Waals surface area contributed by atoms with E-state index in [1.165, 1.54) is 33.8 Å². The molecule has 0 unspecified atom stereocenters. The van der Waals surface area contributed by atoms with Crippen molar-refractivity contribution in [3.63, 3.8) is 0 Å². The van der Waals surface area contributed by atoms with E-state index in [2.05, 4.69) is 15.5 Å². The molecule has 2 heterocycles. The van der Waals surface area contributed by atoms with Crippen molar-refractivity contribution in [2.24, 2.45) is 0 Å². The first-order chi connectivity index (χ1) is 12.4. The van der Waals surface area contributed by atoms with E-state index in [0.717, 1.165) is 5.01 Å². The maximum Gasteiger partial charge on any atom is 0.259 e. The summed E-state index contributed by atoms with van der Waals surface area (Å²) in [6, 6.07) is 4.08. The molecule has 26 heavy (non-hydrogen) atoms. The van der Waals surface area contributed by atoms with Gasteiger partial charge in [-0.25, -0.2) is 8.42 Å². The number of carbonyl (C=O) groups excluding carboxylic acids is 1. The van der Waals surface area contributed by atoms with Crippen LogP contribution >= 0.6 is 22.9 Å². The zero-order valence-electron chi connectivity index (χ0n) is 13.9. The lowest BCUT2D eigenvalue weighted by molar-refractivity contribution is 0.0730. The Morgan fingerprint density at radius 1 is 1.35 bits per heavy atom. The number of morpholine rings is 1. The van der Waals surface area contributed by atoms with Crippen molar-refractivity contribution in [2.75, 3.05) is 31.6 Å². The first kappa shape index (κ1) is 19.2. The normalized spacial score (nSPS) is 15.8. The summed E-state index contributed by atoms with van der Waals surface area (Å²) in [7, 11) is -3.72. The minimum atomic E-state index is -3.72.